The van der Waals surface area contributed by atoms with Crippen molar-refractivity contribution in [3.8, 4) is 5.88 Å². The normalized spacial score (nSPS) is 11.3. The summed E-state index contributed by atoms with van der Waals surface area (Å²) < 4.78 is 24.2. The fourth-order valence-electron chi connectivity index (χ4n) is 2.24. The number of pyridine rings is 1. The Balaban J connectivity index is 1.89. The molecule has 2 N–H and O–H groups in total. The number of aryl methyl sites for hydroxylation is 1. The molecule has 0 aliphatic rings. The highest BCUT2D eigenvalue weighted by Crippen LogP contribution is 2.14. The van der Waals surface area contributed by atoms with Crippen LogP contribution in [0.4, 0.5) is 4.39 Å². The van der Waals surface area contributed by atoms with E-state index in [0.717, 1.165) is 11.1 Å². The molecule has 0 bridgehead atoms. The van der Waals surface area contributed by atoms with Crippen LogP contribution in [0.2, 0.25) is 0 Å². The van der Waals surface area contributed by atoms with Crippen molar-refractivity contribution < 1.29 is 13.9 Å². The second-order valence-electron chi connectivity index (χ2n) is 5.67. The van der Waals surface area contributed by atoms with Crippen molar-refractivity contribution in [2.45, 2.75) is 20.0 Å². The molecule has 1 aromatic heterocycles. The first kappa shape index (κ1) is 19.7. The Morgan fingerprint density at radius 2 is 2.00 bits per heavy atom. The van der Waals surface area contributed by atoms with Gasteiger partial charge in [-0.1, -0.05) is 18.2 Å². The van der Waals surface area contributed by atoms with Gasteiger partial charge in [0.15, 0.2) is 5.96 Å². The molecule has 1 aromatic carbocycles. The SMILES string of the molecule is CN=C(NCc1ccc(C)c(F)c1)NCc1cccnc1OCCOC. The van der Waals surface area contributed by atoms with Gasteiger partial charge in [-0.2, -0.15) is 0 Å². The van der Waals surface area contributed by atoms with Crippen LogP contribution in [0.3, 0.4) is 0 Å². The Kier molecular flexibility index (Phi) is 7.82. The summed E-state index contributed by atoms with van der Waals surface area (Å²) in [5, 5.41) is 6.37. The molecule has 6 nitrogen and oxygen atoms in total. The van der Waals surface area contributed by atoms with Gasteiger partial charge in [-0.15, -0.1) is 0 Å². The van der Waals surface area contributed by atoms with E-state index in [1.807, 2.05) is 18.2 Å². The Hall–Kier alpha value is -2.67. The largest absolute Gasteiger partial charge is 0.475 e. The van der Waals surface area contributed by atoms with Crippen LogP contribution < -0.4 is 15.4 Å². The maximum atomic E-state index is 13.6. The molecule has 0 unspecified atom stereocenters. The van der Waals surface area contributed by atoms with E-state index in [1.54, 1.807) is 33.3 Å². The lowest BCUT2D eigenvalue weighted by Crippen LogP contribution is -2.36. The highest BCUT2D eigenvalue weighted by atomic mass is 19.1. The summed E-state index contributed by atoms with van der Waals surface area (Å²) in [5.41, 5.74) is 2.39. The molecular formula is C19H25FN4O2. The summed E-state index contributed by atoms with van der Waals surface area (Å²) in [7, 11) is 3.31. The van der Waals surface area contributed by atoms with E-state index in [0.29, 0.717) is 43.7 Å². The summed E-state index contributed by atoms with van der Waals surface area (Å²) >= 11 is 0. The number of rotatable bonds is 8. The van der Waals surface area contributed by atoms with Gasteiger partial charge in [0.25, 0.3) is 0 Å². The van der Waals surface area contributed by atoms with Gasteiger partial charge in [-0.3, -0.25) is 4.99 Å². The average Bonchev–Trinajstić information content (AvgIpc) is 2.66. The summed E-state index contributed by atoms with van der Waals surface area (Å²) in [6.07, 6.45) is 1.69. The molecule has 26 heavy (non-hydrogen) atoms. The first-order chi connectivity index (χ1) is 12.6. The minimum absolute atomic E-state index is 0.208. The lowest BCUT2D eigenvalue weighted by molar-refractivity contribution is 0.143. The zero-order chi connectivity index (χ0) is 18.8. The van der Waals surface area contributed by atoms with Crippen LogP contribution in [0, 0.1) is 12.7 Å². The fourth-order valence-corrected chi connectivity index (χ4v) is 2.24. The van der Waals surface area contributed by atoms with Crippen molar-refractivity contribution in [3.05, 3.63) is 59.0 Å². The number of aliphatic imine (C=N–C) groups is 1. The van der Waals surface area contributed by atoms with Crippen LogP contribution in [-0.4, -0.2) is 38.3 Å². The van der Waals surface area contributed by atoms with Gasteiger partial charge in [-0.25, -0.2) is 9.37 Å². The molecule has 0 saturated carbocycles. The molecule has 2 rings (SSSR count). The molecule has 0 saturated heterocycles. The predicted molar refractivity (Wildman–Crippen MR) is 99.8 cm³/mol. The molecule has 0 atom stereocenters. The smallest absolute Gasteiger partial charge is 0.218 e. The zero-order valence-electron chi connectivity index (χ0n) is 15.4. The van der Waals surface area contributed by atoms with Crippen molar-refractivity contribution in [1.82, 2.24) is 15.6 Å². The molecule has 7 heteroatoms. The van der Waals surface area contributed by atoms with Crippen molar-refractivity contribution in [2.75, 3.05) is 27.4 Å². The van der Waals surface area contributed by atoms with Crippen LogP contribution in [0.5, 0.6) is 5.88 Å². The van der Waals surface area contributed by atoms with Crippen molar-refractivity contribution in [3.63, 3.8) is 0 Å². The lowest BCUT2D eigenvalue weighted by Gasteiger charge is -2.14. The Morgan fingerprint density at radius 1 is 1.19 bits per heavy atom. The second kappa shape index (κ2) is 10.4. The van der Waals surface area contributed by atoms with E-state index in [4.69, 9.17) is 9.47 Å². The maximum Gasteiger partial charge on any atom is 0.218 e. The monoisotopic (exact) mass is 360 g/mol. The predicted octanol–water partition coefficient (Wildman–Crippen LogP) is 2.42. The number of hydrogen-bond donors (Lipinski definition) is 2. The van der Waals surface area contributed by atoms with E-state index in [2.05, 4.69) is 20.6 Å². The van der Waals surface area contributed by atoms with E-state index < -0.39 is 0 Å². The molecule has 0 aliphatic heterocycles. The molecular weight excluding hydrogens is 335 g/mol. The molecule has 0 aliphatic carbocycles. The fraction of sp³-hybridized carbons (Fsp3) is 0.368. The molecule has 0 spiro atoms. The van der Waals surface area contributed by atoms with Gasteiger partial charge in [0.2, 0.25) is 5.88 Å². The molecule has 1 heterocycles. The van der Waals surface area contributed by atoms with Crippen molar-refractivity contribution >= 4 is 5.96 Å². The van der Waals surface area contributed by atoms with E-state index >= 15 is 0 Å². The number of methoxy groups -OCH3 is 1. The summed E-state index contributed by atoms with van der Waals surface area (Å²) in [6.45, 7) is 3.65. The van der Waals surface area contributed by atoms with E-state index in [9.17, 15) is 4.39 Å². The van der Waals surface area contributed by atoms with Gasteiger partial charge in [0, 0.05) is 39.0 Å². The minimum Gasteiger partial charge on any atom is -0.475 e. The van der Waals surface area contributed by atoms with Crippen LogP contribution in [0.25, 0.3) is 0 Å². The van der Waals surface area contributed by atoms with Crippen LogP contribution in [0.1, 0.15) is 16.7 Å². The molecule has 2 aromatic rings. The Labute approximate surface area is 153 Å². The van der Waals surface area contributed by atoms with Gasteiger partial charge < -0.3 is 20.1 Å². The van der Waals surface area contributed by atoms with Crippen LogP contribution in [0.15, 0.2) is 41.5 Å². The first-order valence-electron chi connectivity index (χ1n) is 8.39. The van der Waals surface area contributed by atoms with Crippen molar-refractivity contribution in [2.24, 2.45) is 4.99 Å². The number of nitrogens with one attached hydrogen (secondary N) is 2. The molecule has 0 radical (unpaired) electrons. The number of benzene rings is 1. The number of nitrogens with zero attached hydrogens (tertiary/aromatic N) is 2. The number of guanidine groups is 1. The molecule has 140 valence electrons. The Morgan fingerprint density at radius 3 is 2.73 bits per heavy atom. The lowest BCUT2D eigenvalue weighted by atomic mass is 10.1. The maximum absolute atomic E-state index is 13.6. The standard InChI is InChI=1S/C19H25FN4O2/c1-14-6-7-15(11-17(14)20)12-23-19(21-2)24-13-16-5-4-8-22-18(16)26-10-9-25-3/h4-8,11H,9-10,12-13H2,1-3H3,(H2,21,23,24). The highest BCUT2D eigenvalue weighted by Gasteiger charge is 2.06. The third kappa shape index (κ3) is 6.00. The second-order valence-corrected chi connectivity index (χ2v) is 5.67. The summed E-state index contributed by atoms with van der Waals surface area (Å²) in [6, 6.07) is 8.97. The quantitative estimate of drug-likeness (QED) is 0.430. The number of halogens is 1. The summed E-state index contributed by atoms with van der Waals surface area (Å²) in [5.74, 6) is 0.964. The van der Waals surface area contributed by atoms with Gasteiger partial charge in [0.1, 0.15) is 12.4 Å². The minimum atomic E-state index is -0.208. The van der Waals surface area contributed by atoms with E-state index in [-0.39, 0.29) is 5.82 Å². The number of hydrogen-bond acceptors (Lipinski definition) is 4. The number of aromatic nitrogens is 1. The van der Waals surface area contributed by atoms with Crippen LogP contribution in [-0.2, 0) is 17.8 Å². The highest BCUT2D eigenvalue weighted by molar-refractivity contribution is 5.79. The molecule has 0 fully saturated rings. The van der Waals surface area contributed by atoms with Gasteiger partial charge >= 0.3 is 0 Å². The third-order valence-electron chi connectivity index (χ3n) is 3.74. The topological polar surface area (TPSA) is 67.8 Å². The van der Waals surface area contributed by atoms with Crippen LogP contribution >= 0.6 is 0 Å². The van der Waals surface area contributed by atoms with Gasteiger partial charge in [0.05, 0.1) is 6.61 Å². The van der Waals surface area contributed by atoms with Gasteiger partial charge in [-0.05, 0) is 30.2 Å². The first-order valence-corrected chi connectivity index (χ1v) is 8.39. The van der Waals surface area contributed by atoms with Crippen molar-refractivity contribution in [1.29, 1.82) is 0 Å². The summed E-state index contributed by atoms with van der Waals surface area (Å²) in [4.78, 5) is 8.43. The number of ether oxygens (including phenoxy) is 2. The van der Waals surface area contributed by atoms with E-state index in [1.165, 1.54) is 6.07 Å². The Bertz CT molecular complexity index is 737. The molecule has 0 amide bonds. The zero-order valence-corrected chi connectivity index (χ0v) is 15.4. The third-order valence-corrected chi connectivity index (χ3v) is 3.74. The average molecular weight is 360 g/mol.